The molecule has 5 heteroatoms. The van der Waals surface area contributed by atoms with Gasteiger partial charge in [0, 0.05) is 12.1 Å². The molecule has 2 aromatic carbocycles. The summed E-state index contributed by atoms with van der Waals surface area (Å²) >= 11 is 0. The molecule has 1 saturated carbocycles. The number of hydrogen-bond donors (Lipinski definition) is 4. The summed E-state index contributed by atoms with van der Waals surface area (Å²) in [6.07, 6.45) is 4.91. The topological polar surface area (TPSA) is 57.4 Å². The van der Waals surface area contributed by atoms with Gasteiger partial charge < -0.3 is 10.1 Å². The Kier molecular flexibility index (Phi) is 5.22. The molecule has 1 aliphatic carbocycles. The Morgan fingerprint density at radius 2 is 1.73 bits per heavy atom. The van der Waals surface area contributed by atoms with Crippen LogP contribution < -0.4 is 26.4 Å². The van der Waals surface area contributed by atoms with Crippen LogP contribution in [0.2, 0.25) is 0 Å². The fourth-order valence-corrected chi connectivity index (χ4v) is 4.30. The van der Waals surface area contributed by atoms with E-state index in [1.54, 1.807) is 7.11 Å². The van der Waals surface area contributed by atoms with Crippen LogP contribution >= 0.6 is 0 Å². The molecule has 5 nitrogen and oxygen atoms in total. The molecular weight excluding hydrogens is 324 g/mol. The van der Waals surface area contributed by atoms with Crippen molar-refractivity contribution < 1.29 is 4.74 Å². The second-order valence-electron chi connectivity index (χ2n) is 7.31. The van der Waals surface area contributed by atoms with Gasteiger partial charge in [0.25, 0.3) is 0 Å². The first-order valence-electron chi connectivity index (χ1n) is 9.51. The van der Waals surface area contributed by atoms with E-state index in [1.165, 1.54) is 36.8 Å². The summed E-state index contributed by atoms with van der Waals surface area (Å²) in [6.45, 7) is 0.894. The minimum absolute atomic E-state index is 0.0672. The molecule has 2 atom stereocenters. The maximum Gasteiger partial charge on any atom is 0.118 e. The molecule has 2 fully saturated rings. The van der Waals surface area contributed by atoms with E-state index in [2.05, 4.69) is 76.3 Å². The Morgan fingerprint density at radius 1 is 1.00 bits per heavy atom. The highest BCUT2D eigenvalue weighted by Crippen LogP contribution is 2.39. The van der Waals surface area contributed by atoms with E-state index in [9.17, 15) is 0 Å². The summed E-state index contributed by atoms with van der Waals surface area (Å²) in [6, 6.07) is 19.7. The SMILES string of the molecule is COc1ccc(C2(NCC3NNNC3c3ccccc3)CCCC2)cc1. The lowest BCUT2D eigenvalue weighted by atomic mass is 9.87. The highest BCUT2D eigenvalue weighted by molar-refractivity contribution is 5.33. The summed E-state index contributed by atoms with van der Waals surface area (Å²) in [7, 11) is 1.72. The molecule has 138 valence electrons. The summed E-state index contributed by atoms with van der Waals surface area (Å²) in [5.74, 6) is 0.914. The molecule has 1 aliphatic heterocycles. The van der Waals surface area contributed by atoms with Crippen molar-refractivity contribution in [1.29, 1.82) is 0 Å². The normalized spacial score (nSPS) is 24.7. The van der Waals surface area contributed by atoms with Gasteiger partial charge in [0.2, 0.25) is 0 Å². The first kappa shape index (κ1) is 17.5. The predicted octanol–water partition coefficient (Wildman–Crippen LogP) is 2.78. The number of benzene rings is 2. The number of ether oxygens (including phenoxy) is 1. The van der Waals surface area contributed by atoms with Gasteiger partial charge in [-0.05, 0) is 36.1 Å². The van der Waals surface area contributed by atoms with Gasteiger partial charge in [-0.2, -0.15) is 5.53 Å². The zero-order valence-electron chi connectivity index (χ0n) is 15.3. The van der Waals surface area contributed by atoms with Crippen LogP contribution in [0.1, 0.15) is 42.9 Å². The zero-order chi connectivity index (χ0) is 17.8. The highest BCUT2D eigenvalue weighted by atomic mass is 16.5. The molecule has 0 radical (unpaired) electrons. The van der Waals surface area contributed by atoms with E-state index in [0.717, 1.165) is 12.3 Å². The average molecular weight is 352 g/mol. The minimum atomic E-state index is 0.0672. The molecule has 0 bridgehead atoms. The summed E-state index contributed by atoms with van der Waals surface area (Å²) in [5, 5.41) is 3.91. The molecule has 4 N–H and O–H groups in total. The maximum absolute atomic E-state index is 5.32. The fraction of sp³-hybridized carbons (Fsp3) is 0.429. The van der Waals surface area contributed by atoms with Crippen molar-refractivity contribution in [3.63, 3.8) is 0 Å². The predicted molar refractivity (Wildman–Crippen MR) is 104 cm³/mol. The van der Waals surface area contributed by atoms with E-state index < -0.39 is 0 Å². The van der Waals surface area contributed by atoms with Crippen molar-refractivity contribution in [2.45, 2.75) is 43.3 Å². The van der Waals surface area contributed by atoms with Crippen molar-refractivity contribution in [2.24, 2.45) is 0 Å². The van der Waals surface area contributed by atoms with Crippen molar-refractivity contribution in [3.8, 4) is 5.75 Å². The molecule has 2 aliphatic rings. The minimum Gasteiger partial charge on any atom is -0.497 e. The summed E-state index contributed by atoms with van der Waals surface area (Å²) in [5.41, 5.74) is 12.6. The molecule has 0 amide bonds. The number of rotatable bonds is 6. The Labute approximate surface area is 155 Å². The van der Waals surface area contributed by atoms with Crippen molar-refractivity contribution in [1.82, 2.24) is 21.7 Å². The molecule has 2 unspecified atom stereocenters. The lowest BCUT2D eigenvalue weighted by molar-refractivity contribution is 0.315. The van der Waals surface area contributed by atoms with Crippen LogP contribution in [0.15, 0.2) is 54.6 Å². The van der Waals surface area contributed by atoms with Crippen LogP contribution in [0.4, 0.5) is 0 Å². The molecule has 0 spiro atoms. The van der Waals surface area contributed by atoms with Gasteiger partial charge in [-0.1, -0.05) is 55.3 Å². The van der Waals surface area contributed by atoms with Gasteiger partial charge in [0.1, 0.15) is 5.75 Å². The monoisotopic (exact) mass is 352 g/mol. The lowest BCUT2D eigenvalue weighted by Gasteiger charge is -2.33. The fourth-order valence-electron chi connectivity index (χ4n) is 4.30. The largest absolute Gasteiger partial charge is 0.497 e. The van der Waals surface area contributed by atoms with E-state index in [4.69, 9.17) is 4.74 Å². The molecule has 1 heterocycles. The Hall–Kier alpha value is -1.92. The van der Waals surface area contributed by atoms with Gasteiger partial charge in [-0.15, -0.1) is 0 Å². The molecule has 0 aromatic heterocycles. The van der Waals surface area contributed by atoms with Crippen LogP contribution in [-0.2, 0) is 5.54 Å². The third kappa shape index (κ3) is 3.48. The third-order valence-electron chi connectivity index (χ3n) is 5.81. The number of hydrazine groups is 2. The molecule has 26 heavy (non-hydrogen) atoms. The quantitative estimate of drug-likeness (QED) is 0.644. The third-order valence-corrected chi connectivity index (χ3v) is 5.81. The average Bonchev–Trinajstić information content (AvgIpc) is 3.37. The smallest absolute Gasteiger partial charge is 0.118 e. The Bertz CT molecular complexity index is 698. The first-order chi connectivity index (χ1) is 12.8. The second-order valence-corrected chi connectivity index (χ2v) is 7.31. The molecule has 2 aromatic rings. The van der Waals surface area contributed by atoms with E-state index in [-0.39, 0.29) is 17.6 Å². The van der Waals surface area contributed by atoms with E-state index in [0.29, 0.717) is 0 Å². The molecular formula is C21H28N4O. The summed E-state index contributed by atoms with van der Waals surface area (Å²) < 4.78 is 5.32. The van der Waals surface area contributed by atoms with Gasteiger partial charge in [-0.3, -0.25) is 0 Å². The van der Waals surface area contributed by atoms with Gasteiger partial charge >= 0.3 is 0 Å². The number of nitrogens with one attached hydrogen (secondary N) is 4. The maximum atomic E-state index is 5.32. The van der Waals surface area contributed by atoms with Crippen LogP contribution in [0.25, 0.3) is 0 Å². The van der Waals surface area contributed by atoms with Crippen LogP contribution in [0.3, 0.4) is 0 Å². The van der Waals surface area contributed by atoms with Gasteiger partial charge in [0.15, 0.2) is 0 Å². The lowest BCUT2D eigenvalue weighted by Crippen LogP contribution is -2.48. The van der Waals surface area contributed by atoms with Gasteiger partial charge in [-0.25, -0.2) is 10.9 Å². The number of methoxy groups -OCH3 is 1. The van der Waals surface area contributed by atoms with Crippen molar-refractivity contribution in [3.05, 3.63) is 65.7 Å². The van der Waals surface area contributed by atoms with Crippen LogP contribution in [0.5, 0.6) is 5.75 Å². The Morgan fingerprint density at radius 3 is 2.42 bits per heavy atom. The summed E-state index contributed by atoms with van der Waals surface area (Å²) in [4.78, 5) is 0. The van der Waals surface area contributed by atoms with E-state index in [1.807, 2.05) is 0 Å². The van der Waals surface area contributed by atoms with Crippen molar-refractivity contribution >= 4 is 0 Å². The second kappa shape index (κ2) is 7.76. The van der Waals surface area contributed by atoms with Crippen molar-refractivity contribution in [2.75, 3.05) is 13.7 Å². The Balaban J connectivity index is 1.48. The number of hydrogen-bond acceptors (Lipinski definition) is 5. The standard InChI is InChI=1S/C21H28N4O/c1-26-18-11-9-17(10-12-18)21(13-5-6-14-21)22-15-19-20(24-25-23-19)16-7-3-2-4-8-16/h2-4,7-12,19-20,22-25H,5-6,13-15H2,1H3. The molecule has 4 rings (SSSR count). The molecule has 1 saturated heterocycles. The van der Waals surface area contributed by atoms with Gasteiger partial charge in [0.05, 0.1) is 19.2 Å². The zero-order valence-corrected chi connectivity index (χ0v) is 15.3. The first-order valence-corrected chi connectivity index (χ1v) is 9.51. The van der Waals surface area contributed by atoms with Crippen LogP contribution in [-0.4, -0.2) is 19.7 Å². The van der Waals surface area contributed by atoms with E-state index >= 15 is 0 Å². The highest BCUT2D eigenvalue weighted by Gasteiger charge is 2.37. The van der Waals surface area contributed by atoms with Crippen LogP contribution in [0, 0.1) is 0 Å².